The van der Waals surface area contributed by atoms with Gasteiger partial charge in [-0.05, 0) is 12.1 Å². The first-order valence-corrected chi connectivity index (χ1v) is 7.63. The smallest absolute Gasteiger partial charge is 0.0778 e. The van der Waals surface area contributed by atoms with Gasteiger partial charge in [0.1, 0.15) is 0 Å². The van der Waals surface area contributed by atoms with Crippen LogP contribution in [0.25, 0.3) is 0 Å². The molecule has 1 aromatic carbocycles. The summed E-state index contributed by atoms with van der Waals surface area (Å²) in [5.41, 5.74) is 1.51. The van der Waals surface area contributed by atoms with Gasteiger partial charge in [-0.3, -0.25) is 0 Å². The first-order chi connectivity index (χ1) is 7.52. The second kappa shape index (κ2) is 7.00. The van der Waals surface area contributed by atoms with Crippen molar-refractivity contribution in [1.82, 2.24) is 0 Å². The molecule has 1 aliphatic rings. The Morgan fingerprint density at radius 3 is 1.94 bits per heavy atom. The van der Waals surface area contributed by atoms with E-state index in [4.69, 9.17) is 34.8 Å². The standard InChI is InChI=1S/C6H3Cl3.C6H7.Hf/c7-4-2-1-3-5(8)6(4)9;1-6-4-2-3-5-6;/h1-3H;2,4H,3H2,1H3;. The van der Waals surface area contributed by atoms with Crippen molar-refractivity contribution in [2.75, 3.05) is 0 Å². The summed E-state index contributed by atoms with van der Waals surface area (Å²) in [7, 11) is 0. The predicted molar refractivity (Wildman–Crippen MR) is 67.9 cm³/mol. The minimum atomic E-state index is 0.417. The van der Waals surface area contributed by atoms with Crippen molar-refractivity contribution in [3.8, 4) is 0 Å². The number of allylic oxidation sites excluding steroid dienone is 4. The molecule has 0 aromatic heterocycles. The SMILES string of the molecule is CC1=[C]([Hf])CC=C1.Clc1cccc(Cl)c1Cl. The van der Waals surface area contributed by atoms with Gasteiger partial charge in [0.15, 0.2) is 0 Å². The van der Waals surface area contributed by atoms with Crippen LogP contribution in [-0.4, -0.2) is 0 Å². The van der Waals surface area contributed by atoms with Crippen LogP contribution in [0.15, 0.2) is 39.3 Å². The average molecular weight is 439 g/mol. The minimum Gasteiger partial charge on any atom is -0.0827 e. The number of halogens is 3. The van der Waals surface area contributed by atoms with Gasteiger partial charge in [0, 0.05) is 0 Å². The maximum atomic E-state index is 5.61. The van der Waals surface area contributed by atoms with Crippen LogP contribution in [0, 0.1) is 0 Å². The maximum absolute atomic E-state index is 5.61. The van der Waals surface area contributed by atoms with Crippen molar-refractivity contribution in [3.05, 3.63) is 54.3 Å². The Balaban J connectivity index is 0.000000165. The van der Waals surface area contributed by atoms with Crippen LogP contribution in [0.4, 0.5) is 0 Å². The van der Waals surface area contributed by atoms with Gasteiger partial charge in [-0.1, -0.05) is 40.9 Å². The average Bonchev–Trinajstić information content (AvgIpc) is 2.61. The van der Waals surface area contributed by atoms with Gasteiger partial charge in [-0.2, -0.15) is 0 Å². The van der Waals surface area contributed by atoms with E-state index in [0.717, 1.165) is 0 Å². The maximum Gasteiger partial charge on any atom is 0.0778 e. The van der Waals surface area contributed by atoms with Crippen LogP contribution < -0.4 is 0 Å². The Kier molecular flexibility index (Phi) is 6.35. The Hall–Kier alpha value is 0.440. The molecular formula is C12H10Cl3Hf. The van der Waals surface area contributed by atoms with Crippen molar-refractivity contribution in [2.45, 2.75) is 13.3 Å². The Morgan fingerprint density at radius 1 is 1.12 bits per heavy atom. The van der Waals surface area contributed by atoms with Crippen LogP contribution in [0.1, 0.15) is 13.3 Å². The van der Waals surface area contributed by atoms with Crippen LogP contribution >= 0.6 is 34.8 Å². The summed E-state index contributed by atoms with van der Waals surface area (Å²) >= 11 is 18.1. The third-order valence-corrected chi connectivity index (χ3v) is 5.45. The molecule has 0 radical (unpaired) electrons. The van der Waals surface area contributed by atoms with Gasteiger partial charge in [-0.25, -0.2) is 0 Å². The molecule has 0 N–H and O–H groups in total. The van der Waals surface area contributed by atoms with Crippen LogP contribution in [0.5, 0.6) is 0 Å². The zero-order chi connectivity index (χ0) is 12.1. The van der Waals surface area contributed by atoms with Gasteiger partial charge < -0.3 is 0 Å². The molecule has 1 aliphatic carbocycles. The minimum absolute atomic E-state index is 0.417. The Morgan fingerprint density at radius 2 is 1.69 bits per heavy atom. The molecule has 0 nitrogen and oxygen atoms in total. The van der Waals surface area contributed by atoms with Crippen molar-refractivity contribution in [3.63, 3.8) is 0 Å². The molecule has 0 aliphatic heterocycles. The fraction of sp³-hybridized carbons (Fsp3) is 0.167. The van der Waals surface area contributed by atoms with E-state index in [-0.39, 0.29) is 0 Å². The molecule has 1 aromatic rings. The van der Waals surface area contributed by atoms with Crippen LogP contribution in [0.2, 0.25) is 15.1 Å². The number of benzene rings is 1. The molecule has 83 valence electrons. The normalized spacial score (nSPS) is 13.7. The molecule has 0 saturated carbocycles. The van der Waals surface area contributed by atoms with Gasteiger partial charge in [-0.15, -0.1) is 0 Å². The molecule has 2 rings (SSSR count). The molecule has 0 amide bonds. The van der Waals surface area contributed by atoms with E-state index < -0.39 is 0 Å². The van der Waals surface area contributed by atoms with E-state index in [0.29, 0.717) is 15.1 Å². The fourth-order valence-corrected chi connectivity index (χ4v) is 2.34. The summed E-state index contributed by atoms with van der Waals surface area (Å²) in [4.78, 5) is 0. The molecule has 16 heavy (non-hydrogen) atoms. The monoisotopic (exact) mass is 439 g/mol. The Labute approximate surface area is 126 Å². The summed E-state index contributed by atoms with van der Waals surface area (Å²) in [5.74, 6) is 0. The summed E-state index contributed by atoms with van der Waals surface area (Å²) in [6.45, 7) is 2.19. The fourth-order valence-electron chi connectivity index (χ4n) is 1.09. The number of rotatable bonds is 0. The largest absolute Gasteiger partial charge is 0.0827 e. The molecular weight excluding hydrogens is 429 g/mol. The van der Waals surface area contributed by atoms with E-state index in [1.807, 2.05) is 0 Å². The van der Waals surface area contributed by atoms with Crippen LogP contribution in [0.3, 0.4) is 0 Å². The van der Waals surface area contributed by atoms with Crippen molar-refractivity contribution >= 4 is 34.8 Å². The summed E-state index contributed by atoms with van der Waals surface area (Å²) < 4.78 is 1.65. The molecule has 0 unspecified atom stereocenters. The quantitative estimate of drug-likeness (QED) is 0.375. The van der Waals surface area contributed by atoms with E-state index in [9.17, 15) is 0 Å². The van der Waals surface area contributed by atoms with Gasteiger partial charge in [0.2, 0.25) is 0 Å². The molecule has 0 bridgehead atoms. The molecule has 0 spiro atoms. The molecule has 0 atom stereocenters. The summed E-state index contributed by atoms with van der Waals surface area (Å²) in [6, 6.07) is 5.13. The van der Waals surface area contributed by atoms with E-state index in [1.54, 1.807) is 21.5 Å². The third-order valence-electron chi connectivity index (χ3n) is 2.07. The van der Waals surface area contributed by atoms with Crippen LogP contribution in [-0.2, 0) is 24.4 Å². The van der Waals surface area contributed by atoms with Gasteiger partial charge >= 0.3 is 58.8 Å². The predicted octanol–water partition coefficient (Wildman–Crippen LogP) is 5.41. The third kappa shape index (κ3) is 4.37. The van der Waals surface area contributed by atoms with E-state index in [2.05, 4.69) is 19.1 Å². The number of hydrogen-bond acceptors (Lipinski definition) is 0. The topological polar surface area (TPSA) is 0 Å². The second-order valence-electron chi connectivity index (χ2n) is 3.30. The second-order valence-corrected chi connectivity index (χ2v) is 6.66. The first kappa shape index (κ1) is 14.5. The van der Waals surface area contributed by atoms with E-state index >= 15 is 0 Å². The van der Waals surface area contributed by atoms with Crippen molar-refractivity contribution in [2.24, 2.45) is 0 Å². The zero-order valence-corrected chi connectivity index (χ0v) is 14.6. The molecule has 4 heteroatoms. The van der Waals surface area contributed by atoms with Crippen molar-refractivity contribution in [1.29, 1.82) is 0 Å². The zero-order valence-electron chi connectivity index (χ0n) is 8.73. The Bertz CT molecular complexity index is 416. The van der Waals surface area contributed by atoms with Gasteiger partial charge in [0.25, 0.3) is 0 Å². The molecule has 0 saturated heterocycles. The molecule has 0 fully saturated rings. The number of hydrogen-bond donors (Lipinski definition) is 0. The summed E-state index contributed by atoms with van der Waals surface area (Å²) in [5, 5.41) is 1.40. The first-order valence-electron chi connectivity index (χ1n) is 4.69. The summed E-state index contributed by atoms with van der Waals surface area (Å²) in [6.07, 6.45) is 5.68. The van der Waals surface area contributed by atoms with E-state index in [1.165, 1.54) is 36.4 Å². The van der Waals surface area contributed by atoms with Gasteiger partial charge in [0.05, 0.1) is 15.1 Å². The molecule has 0 heterocycles. The van der Waals surface area contributed by atoms with Crippen molar-refractivity contribution < 1.29 is 24.4 Å².